The van der Waals surface area contributed by atoms with Gasteiger partial charge in [0.25, 0.3) is 0 Å². The molecule has 2 N–H and O–H groups in total. The lowest BCUT2D eigenvalue weighted by atomic mass is 9.96. The van der Waals surface area contributed by atoms with Crippen molar-refractivity contribution in [2.45, 2.75) is 25.7 Å². The molecular weight excluding hydrogens is 193 g/mol. The summed E-state index contributed by atoms with van der Waals surface area (Å²) in [6.45, 7) is 0. The molecule has 1 aliphatic carbocycles. The van der Waals surface area contributed by atoms with Gasteiger partial charge in [0.1, 0.15) is 5.82 Å². The Labute approximate surface area is 88.3 Å². The average Bonchev–Trinajstić information content (AvgIpc) is 2.74. The van der Waals surface area contributed by atoms with Crippen molar-refractivity contribution in [3.8, 4) is 0 Å². The quantitative estimate of drug-likeness (QED) is 0.598. The highest BCUT2D eigenvalue weighted by molar-refractivity contribution is 5.98. The van der Waals surface area contributed by atoms with Gasteiger partial charge in [-0.1, -0.05) is 12.8 Å². The van der Waals surface area contributed by atoms with Crippen LogP contribution in [0.1, 0.15) is 36.0 Å². The molecular formula is C12H14FNO. The van der Waals surface area contributed by atoms with Crippen LogP contribution in [-0.2, 0) is 0 Å². The Balaban J connectivity index is 2.21. The number of carbonyl (C=O) groups is 1. The van der Waals surface area contributed by atoms with Gasteiger partial charge in [0, 0.05) is 11.5 Å². The van der Waals surface area contributed by atoms with Gasteiger partial charge in [0.2, 0.25) is 0 Å². The van der Waals surface area contributed by atoms with E-state index in [2.05, 4.69) is 0 Å². The SMILES string of the molecule is Nc1ccc(C(=O)C2CCCC2)cc1F. The predicted octanol–water partition coefficient (Wildman–Crippen LogP) is 2.78. The fraction of sp³-hybridized carbons (Fsp3) is 0.417. The van der Waals surface area contributed by atoms with E-state index in [1.165, 1.54) is 12.1 Å². The minimum atomic E-state index is -0.501. The van der Waals surface area contributed by atoms with Crippen LogP contribution in [0.3, 0.4) is 0 Å². The van der Waals surface area contributed by atoms with Crippen molar-refractivity contribution in [3.63, 3.8) is 0 Å². The van der Waals surface area contributed by atoms with Crippen molar-refractivity contribution >= 4 is 11.5 Å². The molecule has 0 radical (unpaired) electrons. The van der Waals surface area contributed by atoms with E-state index in [4.69, 9.17) is 5.73 Å². The van der Waals surface area contributed by atoms with E-state index in [0.29, 0.717) is 5.56 Å². The number of nitrogens with two attached hydrogens (primary N) is 1. The average molecular weight is 207 g/mol. The first-order valence-electron chi connectivity index (χ1n) is 5.27. The second kappa shape index (κ2) is 4.01. The first-order chi connectivity index (χ1) is 7.18. The summed E-state index contributed by atoms with van der Waals surface area (Å²) in [6.07, 6.45) is 4.08. The number of carbonyl (C=O) groups excluding carboxylic acids is 1. The standard InChI is InChI=1S/C12H14FNO/c13-10-7-9(5-6-11(10)14)12(15)8-3-1-2-4-8/h5-8H,1-4,14H2. The van der Waals surface area contributed by atoms with Gasteiger partial charge in [-0.15, -0.1) is 0 Å². The molecule has 80 valence electrons. The summed E-state index contributed by atoms with van der Waals surface area (Å²) < 4.78 is 13.1. The monoisotopic (exact) mass is 207 g/mol. The van der Waals surface area contributed by atoms with Gasteiger partial charge in [-0.05, 0) is 31.0 Å². The maximum atomic E-state index is 13.1. The number of Topliss-reactive ketones (excluding diaryl/α,β-unsaturated/α-hetero) is 1. The maximum absolute atomic E-state index is 13.1. The Morgan fingerprint density at radius 3 is 2.60 bits per heavy atom. The van der Waals surface area contributed by atoms with Crippen LogP contribution in [0.5, 0.6) is 0 Å². The number of halogens is 1. The zero-order chi connectivity index (χ0) is 10.8. The molecule has 2 nitrogen and oxygen atoms in total. The van der Waals surface area contributed by atoms with Crippen LogP contribution >= 0.6 is 0 Å². The van der Waals surface area contributed by atoms with Crippen LogP contribution in [0.25, 0.3) is 0 Å². The normalized spacial score (nSPS) is 16.9. The molecule has 0 aliphatic heterocycles. The zero-order valence-electron chi connectivity index (χ0n) is 8.50. The number of benzene rings is 1. The van der Waals surface area contributed by atoms with E-state index in [0.717, 1.165) is 25.7 Å². The van der Waals surface area contributed by atoms with Gasteiger partial charge in [-0.25, -0.2) is 4.39 Å². The molecule has 1 aromatic carbocycles. The molecule has 1 aromatic rings. The van der Waals surface area contributed by atoms with Crippen LogP contribution < -0.4 is 5.73 Å². The van der Waals surface area contributed by atoms with Gasteiger partial charge in [0.05, 0.1) is 5.69 Å². The molecule has 0 bridgehead atoms. The third kappa shape index (κ3) is 2.01. The van der Waals surface area contributed by atoms with Crippen molar-refractivity contribution < 1.29 is 9.18 Å². The van der Waals surface area contributed by atoms with Gasteiger partial charge in [-0.3, -0.25) is 4.79 Å². The minimum absolute atomic E-state index is 0.0615. The lowest BCUT2D eigenvalue weighted by Gasteiger charge is -2.08. The molecule has 2 rings (SSSR count). The summed E-state index contributed by atoms with van der Waals surface area (Å²) in [5, 5.41) is 0. The fourth-order valence-corrected chi connectivity index (χ4v) is 2.10. The summed E-state index contributed by atoms with van der Waals surface area (Å²) in [4.78, 5) is 11.9. The second-order valence-corrected chi connectivity index (χ2v) is 4.08. The number of nitrogen functional groups attached to an aromatic ring is 1. The molecule has 15 heavy (non-hydrogen) atoms. The Bertz CT molecular complexity index is 383. The fourth-order valence-electron chi connectivity index (χ4n) is 2.10. The van der Waals surface area contributed by atoms with Crippen molar-refractivity contribution in [3.05, 3.63) is 29.6 Å². The van der Waals surface area contributed by atoms with E-state index in [1.54, 1.807) is 6.07 Å². The highest BCUT2D eigenvalue weighted by Gasteiger charge is 2.24. The minimum Gasteiger partial charge on any atom is -0.396 e. The van der Waals surface area contributed by atoms with E-state index in [1.807, 2.05) is 0 Å². The van der Waals surface area contributed by atoms with Crippen LogP contribution in [0, 0.1) is 11.7 Å². The first kappa shape index (κ1) is 10.1. The molecule has 0 unspecified atom stereocenters. The van der Waals surface area contributed by atoms with Crippen LogP contribution in [-0.4, -0.2) is 5.78 Å². The van der Waals surface area contributed by atoms with E-state index in [9.17, 15) is 9.18 Å². The van der Waals surface area contributed by atoms with Crippen LogP contribution in [0.15, 0.2) is 18.2 Å². The molecule has 1 saturated carbocycles. The number of hydrogen-bond acceptors (Lipinski definition) is 2. The summed E-state index contributed by atoms with van der Waals surface area (Å²) in [5.74, 6) is -0.349. The molecule has 1 aliphatic rings. The van der Waals surface area contributed by atoms with Crippen molar-refractivity contribution in [2.75, 3.05) is 5.73 Å². The van der Waals surface area contributed by atoms with Crippen LogP contribution in [0.4, 0.5) is 10.1 Å². The molecule has 1 fully saturated rings. The lowest BCUT2D eigenvalue weighted by molar-refractivity contribution is 0.0922. The summed E-state index contributed by atoms with van der Waals surface area (Å²) in [6, 6.07) is 4.31. The van der Waals surface area contributed by atoms with E-state index < -0.39 is 5.82 Å². The third-order valence-electron chi connectivity index (χ3n) is 3.01. The zero-order valence-corrected chi connectivity index (χ0v) is 8.50. The molecule has 0 amide bonds. The Kier molecular flexibility index (Phi) is 2.71. The van der Waals surface area contributed by atoms with Crippen molar-refractivity contribution in [1.82, 2.24) is 0 Å². The van der Waals surface area contributed by atoms with Crippen molar-refractivity contribution in [1.29, 1.82) is 0 Å². The van der Waals surface area contributed by atoms with Gasteiger partial charge < -0.3 is 5.73 Å². The first-order valence-corrected chi connectivity index (χ1v) is 5.27. The number of ketones is 1. The van der Waals surface area contributed by atoms with Crippen molar-refractivity contribution in [2.24, 2.45) is 5.92 Å². The summed E-state index contributed by atoms with van der Waals surface area (Å²) in [7, 11) is 0. The largest absolute Gasteiger partial charge is 0.396 e. The van der Waals surface area contributed by atoms with E-state index >= 15 is 0 Å². The molecule has 3 heteroatoms. The predicted molar refractivity (Wildman–Crippen MR) is 57.1 cm³/mol. The molecule has 0 atom stereocenters. The molecule has 0 aromatic heterocycles. The Morgan fingerprint density at radius 2 is 2.00 bits per heavy atom. The third-order valence-corrected chi connectivity index (χ3v) is 3.01. The Morgan fingerprint density at radius 1 is 1.33 bits per heavy atom. The van der Waals surface area contributed by atoms with Gasteiger partial charge in [-0.2, -0.15) is 0 Å². The van der Waals surface area contributed by atoms with E-state index in [-0.39, 0.29) is 17.4 Å². The number of hydrogen-bond donors (Lipinski definition) is 1. The maximum Gasteiger partial charge on any atom is 0.166 e. The number of anilines is 1. The number of rotatable bonds is 2. The van der Waals surface area contributed by atoms with Gasteiger partial charge >= 0.3 is 0 Å². The van der Waals surface area contributed by atoms with Crippen LogP contribution in [0.2, 0.25) is 0 Å². The second-order valence-electron chi connectivity index (χ2n) is 4.08. The highest BCUT2D eigenvalue weighted by Crippen LogP contribution is 2.28. The highest BCUT2D eigenvalue weighted by atomic mass is 19.1. The molecule has 0 heterocycles. The van der Waals surface area contributed by atoms with Gasteiger partial charge in [0.15, 0.2) is 5.78 Å². The molecule has 0 saturated heterocycles. The summed E-state index contributed by atoms with van der Waals surface area (Å²) >= 11 is 0. The smallest absolute Gasteiger partial charge is 0.166 e. The Hall–Kier alpha value is -1.38. The lowest BCUT2D eigenvalue weighted by Crippen LogP contribution is -2.11. The topological polar surface area (TPSA) is 43.1 Å². The summed E-state index contributed by atoms with van der Waals surface area (Å²) in [5.41, 5.74) is 5.90. The molecule has 0 spiro atoms.